The lowest BCUT2D eigenvalue weighted by atomic mass is 9.96. The van der Waals surface area contributed by atoms with Crippen LogP contribution in [-0.4, -0.2) is 15.6 Å². The summed E-state index contributed by atoms with van der Waals surface area (Å²) >= 11 is 0. The zero-order valence-corrected chi connectivity index (χ0v) is 10.8. The van der Waals surface area contributed by atoms with Crippen LogP contribution in [0.4, 0.5) is 5.69 Å². The van der Waals surface area contributed by atoms with Gasteiger partial charge in [-0.2, -0.15) is 0 Å². The zero-order valence-electron chi connectivity index (χ0n) is 10.8. The highest BCUT2D eigenvalue weighted by Gasteiger charge is 2.18. The number of imidazole rings is 1. The van der Waals surface area contributed by atoms with Crippen LogP contribution in [0.25, 0.3) is 0 Å². The summed E-state index contributed by atoms with van der Waals surface area (Å²) in [5.74, 6) is 1.19. The van der Waals surface area contributed by atoms with Gasteiger partial charge < -0.3 is 9.88 Å². The van der Waals surface area contributed by atoms with Crippen molar-refractivity contribution in [2.75, 3.05) is 5.32 Å². The van der Waals surface area contributed by atoms with E-state index < -0.39 is 0 Å². The summed E-state index contributed by atoms with van der Waals surface area (Å²) in [7, 11) is 0. The molecule has 18 heavy (non-hydrogen) atoms. The average molecular weight is 241 g/mol. The molecule has 0 radical (unpaired) electrons. The van der Waals surface area contributed by atoms with Crippen LogP contribution in [0.15, 0.2) is 36.7 Å². The van der Waals surface area contributed by atoms with Crippen molar-refractivity contribution in [3.63, 3.8) is 0 Å². The molecule has 3 rings (SSSR count). The molecule has 1 aliphatic rings. The Morgan fingerprint density at radius 2 is 2.28 bits per heavy atom. The number of hydrogen-bond acceptors (Lipinski definition) is 2. The summed E-state index contributed by atoms with van der Waals surface area (Å²) in [4.78, 5) is 4.46. The Hall–Kier alpha value is -1.77. The Morgan fingerprint density at radius 3 is 3.17 bits per heavy atom. The highest BCUT2D eigenvalue weighted by atomic mass is 15.1. The Labute approximate surface area is 108 Å². The average Bonchev–Trinajstić information content (AvgIpc) is 2.86. The highest BCUT2D eigenvalue weighted by molar-refractivity contribution is 5.53. The van der Waals surface area contributed by atoms with Gasteiger partial charge in [0.05, 0.1) is 0 Å². The van der Waals surface area contributed by atoms with Crippen molar-refractivity contribution in [2.24, 2.45) is 0 Å². The van der Waals surface area contributed by atoms with E-state index in [1.165, 1.54) is 29.9 Å². The van der Waals surface area contributed by atoms with E-state index in [0.29, 0.717) is 6.04 Å². The molecule has 1 aromatic heterocycles. The van der Waals surface area contributed by atoms with E-state index in [1.54, 1.807) is 0 Å². The monoisotopic (exact) mass is 241 g/mol. The number of rotatable bonds is 3. The maximum atomic E-state index is 4.46. The predicted octanol–water partition coefficient (Wildman–Crippen LogP) is 2.87. The molecule has 3 nitrogen and oxygen atoms in total. The van der Waals surface area contributed by atoms with E-state index in [2.05, 4.69) is 52.3 Å². The lowest BCUT2D eigenvalue weighted by Gasteiger charge is -2.27. The standard InChI is InChI=1S/C15H19N3/c1-2-18-10-9-16-15(18)11-13-8-7-12-5-3-4-6-14(12)17-13/h3-6,9-10,13,17H,2,7-8,11H2,1H3. The number of anilines is 1. The Kier molecular flexibility index (Phi) is 3.05. The molecule has 1 aromatic carbocycles. The van der Waals surface area contributed by atoms with Crippen molar-refractivity contribution in [1.29, 1.82) is 0 Å². The second-order valence-corrected chi connectivity index (χ2v) is 4.87. The fraction of sp³-hybridized carbons (Fsp3) is 0.400. The number of fused-ring (bicyclic) bond motifs is 1. The normalized spacial score (nSPS) is 18.2. The van der Waals surface area contributed by atoms with Crippen LogP contribution in [0.1, 0.15) is 24.7 Å². The van der Waals surface area contributed by atoms with Crippen molar-refractivity contribution >= 4 is 5.69 Å². The Morgan fingerprint density at radius 1 is 1.39 bits per heavy atom. The van der Waals surface area contributed by atoms with Gasteiger partial charge in [-0.3, -0.25) is 0 Å². The van der Waals surface area contributed by atoms with Crippen LogP contribution in [0.3, 0.4) is 0 Å². The van der Waals surface area contributed by atoms with E-state index in [4.69, 9.17) is 0 Å². The summed E-state index contributed by atoms with van der Waals surface area (Å²) in [6.45, 7) is 3.16. The molecule has 0 saturated heterocycles. The maximum Gasteiger partial charge on any atom is 0.110 e. The van der Waals surface area contributed by atoms with Gasteiger partial charge in [0, 0.05) is 37.1 Å². The van der Waals surface area contributed by atoms with Crippen LogP contribution >= 0.6 is 0 Å². The minimum atomic E-state index is 0.507. The largest absolute Gasteiger partial charge is 0.382 e. The highest BCUT2D eigenvalue weighted by Crippen LogP contribution is 2.25. The number of aryl methyl sites for hydroxylation is 2. The first-order chi connectivity index (χ1) is 8.86. The van der Waals surface area contributed by atoms with Gasteiger partial charge >= 0.3 is 0 Å². The fourth-order valence-electron chi connectivity index (χ4n) is 2.69. The summed E-state index contributed by atoms with van der Waals surface area (Å²) in [5.41, 5.74) is 2.73. The molecular weight excluding hydrogens is 222 g/mol. The van der Waals surface area contributed by atoms with Crippen LogP contribution in [0.5, 0.6) is 0 Å². The second-order valence-electron chi connectivity index (χ2n) is 4.87. The maximum absolute atomic E-state index is 4.46. The fourth-order valence-corrected chi connectivity index (χ4v) is 2.69. The molecule has 1 N–H and O–H groups in total. The molecule has 0 amide bonds. The van der Waals surface area contributed by atoms with Crippen LogP contribution in [0, 0.1) is 0 Å². The molecule has 2 aromatic rings. The number of hydrogen-bond donors (Lipinski definition) is 1. The van der Waals surface area contributed by atoms with E-state index in [0.717, 1.165) is 13.0 Å². The minimum Gasteiger partial charge on any atom is -0.382 e. The van der Waals surface area contributed by atoms with Gasteiger partial charge in [0.15, 0.2) is 0 Å². The summed E-state index contributed by atoms with van der Waals surface area (Å²) in [5, 5.41) is 3.63. The molecule has 0 fully saturated rings. The van der Waals surface area contributed by atoms with Gasteiger partial charge in [-0.05, 0) is 31.4 Å². The van der Waals surface area contributed by atoms with Crippen molar-refractivity contribution in [3.05, 3.63) is 48.0 Å². The van der Waals surface area contributed by atoms with Gasteiger partial charge in [-0.25, -0.2) is 4.98 Å². The Bertz CT molecular complexity index is 530. The predicted molar refractivity (Wildman–Crippen MR) is 73.8 cm³/mol. The molecule has 94 valence electrons. The van der Waals surface area contributed by atoms with Gasteiger partial charge in [-0.1, -0.05) is 18.2 Å². The summed E-state index contributed by atoms with van der Waals surface area (Å²) < 4.78 is 2.22. The first-order valence-corrected chi connectivity index (χ1v) is 6.71. The van der Waals surface area contributed by atoms with Crippen molar-refractivity contribution < 1.29 is 0 Å². The third-order valence-corrected chi connectivity index (χ3v) is 3.71. The number of para-hydroxylation sites is 1. The SMILES string of the molecule is CCn1ccnc1CC1CCc2ccccc2N1. The summed E-state index contributed by atoms with van der Waals surface area (Å²) in [6.07, 6.45) is 7.32. The molecule has 1 atom stereocenters. The third kappa shape index (κ3) is 2.13. The lowest BCUT2D eigenvalue weighted by Crippen LogP contribution is -2.28. The molecule has 3 heteroatoms. The van der Waals surface area contributed by atoms with E-state index in [1.807, 2.05) is 6.20 Å². The second kappa shape index (κ2) is 4.84. The first-order valence-electron chi connectivity index (χ1n) is 6.71. The number of benzene rings is 1. The smallest absolute Gasteiger partial charge is 0.110 e. The van der Waals surface area contributed by atoms with Gasteiger partial charge in [0.1, 0.15) is 5.82 Å². The van der Waals surface area contributed by atoms with Crippen LogP contribution in [0.2, 0.25) is 0 Å². The van der Waals surface area contributed by atoms with Gasteiger partial charge in [0.25, 0.3) is 0 Å². The van der Waals surface area contributed by atoms with Crippen LogP contribution in [-0.2, 0) is 19.4 Å². The number of nitrogens with one attached hydrogen (secondary N) is 1. The molecule has 0 spiro atoms. The van der Waals surface area contributed by atoms with Crippen LogP contribution < -0.4 is 5.32 Å². The number of nitrogens with zero attached hydrogens (tertiary/aromatic N) is 2. The van der Waals surface area contributed by atoms with E-state index in [-0.39, 0.29) is 0 Å². The molecule has 2 heterocycles. The van der Waals surface area contributed by atoms with Gasteiger partial charge in [-0.15, -0.1) is 0 Å². The quantitative estimate of drug-likeness (QED) is 0.895. The van der Waals surface area contributed by atoms with Crippen molar-refractivity contribution in [2.45, 2.75) is 38.8 Å². The van der Waals surface area contributed by atoms with Gasteiger partial charge in [0.2, 0.25) is 0 Å². The minimum absolute atomic E-state index is 0.507. The topological polar surface area (TPSA) is 29.9 Å². The lowest BCUT2D eigenvalue weighted by molar-refractivity contribution is 0.584. The molecule has 0 bridgehead atoms. The molecule has 0 aliphatic carbocycles. The Balaban J connectivity index is 1.73. The molecule has 0 saturated carbocycles. The first kappa shape index (κ1) is 11.3. The van der Waals surface area contributed by atoms with Crippen molar-refractivity contribution in [1.82, 2.24) is 9.55 Å². The zero-order chi connectivity index (χ0) is 12.4. The number of aromatic nitrogens is 2. The van der Waals surface area contributed by atoms with E-state index >= 15 is 0 Å². The van der Waals surface area contributed by atoms with Crippen molar-refractivity contribution in [3.8, 4) is 0 Å². The summed E-state index contributed by atoms with van der Waals surface area (Å²) in [6, 6.07) is 9.11. The molecule has 1 aliphatic heterocycles. The van der Waals surface area contributed by atoms with E-state index in [9.17, 15) is 0 Å². The molecular formula is C15H19N3. The third-order valence-electron chi connectivity index (χ3n) is 3.71. The molecule has 1 unspecified atom stereocenters.